The van der Waals surface area contributed by atoms with Gasteiger partial charge in [0.1, 0.15) is 5.82 Å². The van der Waals surface area contributed by atoms with Crippen molar-refractivity contribution >= 4 is 11.4 Å². The van der Waals surface area contributed by atoms with Crippen LogP contribution in [0.3, 0.4) is 0 Å². The lowest BCUT2D eigenvalue weighted by Crippen LogP contribution is -2.45. The van der Waals surface area contributed by atoms with Gasteiger partial charge in [0.15, 0.2) is 0 Å². The Hall–Kier alpha value is -1.33. The standard InChI is InChI=1S/C17H28FN3O/c1-13-11-21(12-14(2)22-13)17-7-6-15(10-16(17)18)20-9-5-3-4-8-19/h6-7,10,13-14,20H,3-5,8-9,11-12,19H2,1-2H3/t13-,14+. The average molecular weight is 309 g/mol. The molecule has 0 saturated carbocycles. The van der Waals surface area contributed by atoms with Gasteiger partial charge in [-0.3, -0.25) is 0 Å². The van der Waals surface area contributed by atoms with E-state index in [4.69, 9.17) is 10.5 Å². The summed E-state index contributed by atoms with van der Waals surface area (Å²) < 4.78 is 20.1. The molecular weight excluding hydrogens is 281 g/mol. The Morgan fingerprint density at radius 1 is 1.23 bits per heavy atom. The van der Waals surface area contributed by atoms with Gasteiger partial charge in [-0.05, 0) is 51.4 Å². The Labute approximate surface area is 132 Å². The fraction of sp³-hybridized carbons (Fsp3) is 0.647. The van der Waals surface area contributed by atoms with Gasteiger partial charge in [0.2, 0.25) is 0 Å². The van der Waals surface area contributed by atoms with Crippen molar-refractivity contribution in [2.24, 2.45) is 5.73 Å². The van der Waals surface area contributed by atoms with Crippen LogP contribution >= 0.6 is 0 Å². The summed E-state index contributed by atoms with van der Waals surface area (Å²) in [4.78, 5) is 2.07. The van der Waals surface area contributed by atoms with Crippen LogP contribution < -0.4 is 16.0 Å². The molecule has 0 radical (unpaired) electrons. The number of halogens is 1. The number of morpholine rings is 1. The van der Waals surface area contributed by atoms with Crippen LogP contribution in [0.15, 0.2) is 18.2 Å². The van der Waals surface area contributed by atoms with E-state index in [1.54, 1.807) is 6.07 Å². The first kappa shape index (κ1) is 17.0. The van der Waals surface area contributed by atoms with Crippen LogP contribution in [0.2, 0.25) is 0 Å². The summed E-state index contributed by atoms with van der Waals surface area (Å²) in [5.74, 6) is -0.173. The van der Waals surface area contributed by atoms with Crippen molar-refractivity contribution in [2.75, 3.05) is 36.4 Å². The molecule has 1 aliphatic rings. The van der Waals surface area contributed by atoms with Gasteiger partial charge in [0.25, 0.3) is 0 Å². The van der Waals surface area contributed by atoms with Crippen LogP contribution in [0.25, 0.3) is 0 Å². The SMILES string of the molecule is C[C@@H]1CN(c2ccc(NCCCCCN)cc2F)C[C@H](C)O1. The molecule has 3 N–H and O–H groups in total. The molecule has 1 saturated heterocycles. The van der Waals surface area contributed by atoms with E-state index in [0.717, 1.165) is 51.1 Å². The third-order valence-electron chi connectivity index (χ3n) is 3.92. The van der Waals surface area contributed by atoms with E-state index >= 15 is 0 Å². The molecule has 0 bridgehead atoms. The molecule has 2 atom stereocenters. The summed E-state index contributed by atoms with van der Waals surface area (Å²) in [6.07, 6.45) is 3.46. The smallest absolute Gasteiger partial charge is 0.148 e. The molecule has 1 aliphatic heterocycles. The Bertz CT molecular complexity index is 459. The van der Waals surface area contributed by atoms with Gasteiger partial charge in [-0.15, -0.1) is 0 Å². The van der Waals surface area contributed by atoms with Gasteiger partial charge in [-0.25, -0.2) is 4.39 Å². The largest absolute Gasteiger partial charge is 0.385 e. The molecule has 1 aromatic rings. The summed E-state index contributed by atoms with van der Waals surface area (Å²) in [5, 5.41) is 3.27. The first-order chi connectivity index (χ1) is 10.6. The van der Waals surface area contributed by atoms with Crippen molar-refractivity contribution in [1.82, 2.24) is 0 Å². The Morgan fingerprint density at radius 2 is 1.95 bits per heavy atom. The normalized spacial score (nSPS) is 21.9. The van der Waals surface area contributed by atoms with Crippen LogP contribution in [0, 0.1) is 5.82 Å². The number of hydrogen-bond donors (Lipinski definition) is 2. The van der Waals surface area contributed by atoms with Gasteiger partial charge in [-0.2, -0.15) is 0 Å². The predicted molar refractivity (Wildman–Crippen MR) is 90.0 cm³/mol. The second kappa shape index (κ2) is 8.34. The third-order valence-corrected chi connectivity index (χ3v) is 3.92. The lowest BCUT2D eigenvalue weighted by atomic mass is 10.1. The average Bonchev–Trinajstić information content (AvgIpc) is 2.46. The molecule has 5 heteroatoms. The molecule has 0 aromatic heterocycles. The quantitative estimate of drug-likeness (QED) is 0.760. The lowest BCUT2D eigenvalue weighted by Gasteiger charge is -2.37. The Balaban J connectivity index is 1.91. The molecule has 1 fully saturated rings. The number of anilines is 2. The number of unbranched alkanes of at least 4 members (excludes halogenated alkanes) is 2. The van der Waals surface area contributed by atoms with E-state index in [2.05, 4.69) is 10.2 Å². The molecule has 0 amide bonds. The molecular formula is C17H28FN3O. The van der Waals surface area contributed by atoms with Gasteiger partial charge < -0.3 is 20.7 Å². The molecule has 1 heterocycles. The van der Waals surface area contributed by atoms with Gasteiger partial charge in [-0.1, -0.05) is 6.42 Å². The highest BCUT2D eigenvalue weighted by Crippen LogP contribution is 2.26. The molecule has 22 heavy (non-hydrogen) atoms. The zero-order chi connectivity index (χ0) is 15.9. The Morgan fingerprint density at radius 3 is 2.59 bits per heavy atom. The first-order valence-corrected chi connectivity index (χ1v) is 8.24. The van der Waals surface area contributed by atoms with Crippen LogP contribution in [-0.4, -0.2) is 38.4 Å². The van der Waals surface area contributed by atoms with E-state index in [1.165, 1.54) is 0 Å². The minimum absolute atomic E-state index is 0.128. The van der Waals surface area contributed by atoms with E-state index in [9.17, 15) is 4.39 Å². The summed E-state index contributed by atoms with van der Waals surface area (Å²) >= 11 is 0. The van der Waals surface area contributed by atoms with Crippen molar-refractivity contribution in [1.29, 1.82) is 0 Å². The first-order valence-electron chi connectivity index (χ1n) is 8.24. The van der Waals surface area contributed by atoms with Gasteiger partial charge in [0.05, 0.1) is 17.9 Å². The highest BCUT2D eigenvalue weighted by atomic mass is 19.1. The molecule has 4 nitrogen and oxygen atoms in total. The second-order valence-corrected chi connectivity index (χ2v) is 6.10. The number of hydrogen-bond acceptors (Lipinski definition) is 4. The van der Waals surface area contributed by atoms with Crippen molar-refractivity contribution in [3.8, 4) is 0 Å². The summed E-state index contributed by atoms with van der Waals surface area (Å²) in [7, 11) is 0. The van der Waals surface area contributed by atoms with Crippen LogP contribution in [0.4, 0.5) is 15.8 Å². The van der Waals surface area contributed by atoms with Crippen LogP contribution in [-0.2, 0) is 4.74 Å². The summed E-state index contributed by atoms with van der Waals surface area (Å²) in [6, 6.07) is 5.40. The zero-order valence-electron chi connectivity index (χ0n) is 13.6. The second-order valence-electron chi connectivity index (χ2n) is 6.10. The number of ether oxygens (including phenoxy) is 1. The van der Waals surface area contributed by atoms with E-state index < -0.39 is 0 Å². The minimum Gasteiger partial charge on any atom is -0.385 e. The lowest BCUT2D eigenvalue weighted by molar-refractivity contribution is -0.00539. The zero-order valence-corrected chi connectivity index (χ0v) is 13.6. The minimum atomic E-state index is -0.173. The number of rotatable bonds is 7. The van der Waals surface area contributed by atoms with Gasteiger partial charge >= 0.3 is 0 Å². The third kappa shape index (κ3) is 4.85. The predicted octanol–water partition coefficient (Wildman–Crippen LogP) is 2.98. The van der Waals surface area contributed by atoms with Crippen LogP contribution in [0.1, 0.15) is 33.1 Å². The summed E-state index contributed by atoms with van der Waals surface area (Å²) in [5.41, 5.74) is 6.96. The topological polar surface area (TPSA) is 50.5 Å². The monoisotopic (exact) mass is 309 g/mol. The molecule has 0 spiro atoms. The number of nitrogens with two attached hydrogens (primary N) is 1. The van der Waals surface area contributed by atoms with Crippen molar-refractivity contribution < 1.29 is 9.13 Å². The van der Waals surface area contributed by atoms with Crippen LogP contribution in [0.5, 0.6) is 0 Å². The highest BCUT2D eigenvalue weighted by molar-refractivity contribution is 5.56. The number of nitrogens with one attached hydrogen (secondary N) is 1. The maximum Gasteiger partial charge on any atom is 0.148 e. The van der Waals surface area contributed by atoms with Crippen molar-refractivity contribution in [3.05, 3.63) is 24.0 Å². The maximum atomic E-state index is 14.4. The van der Waals surface area contributed by atoms with E-state index in [-0.39, 0.29) is 18.0 Å². The molecule has 124 valence electrons. The summed E-state index contributed by atoms with van der Waals surface area (Å²) in [6.45, 7) is 7.10. The molecule has 2 rings (SSSR count). The fourth-order valence-corrected chi connectivity index (χ4v) is 2.93. The number of nitrogens with zero attached hydrogens (tertiary/aromatic N) is 1. The molecule has 0 aliphatic carbocycles. The van der Waals surface area contributed by atoms with E-state index in [1.807, 2.05) is 26.0 Å². The maximum absolute atomic E-state index is 14.4. The molecule has 1 aromatic carbocycles. The highest BCUT2D eigenvalue weighted by Gasteiger charge is 2.24. The van der Waals surface area contributed by atoms with E-state index in [0.29, 0.717) is 5.69 Å². The fourth-order valence-electron chi connectivity index (χ4n) is 2.93. The molecule has 0 unspecified atom stereocenters. The van der Waals surface area contributed by atoms with Crippen molar-refractivity contribution in [3.63, 3.8) is 0 Å². The van der Waals surface area contributed by atoms with Crippen molar-refractivity contribution in [2.45, 2.75) is 45.3 Å². The van der Waals surface area contributed by atoms with Gasteiger partial charge in [0, 0.05) is 25.3 Å². The number of benzene rings is 1. The Kier molecular flexibility index (Phi) is 6.46.